The highest BCUT2D eigenvalue weighted by Crippen LogP contribution is 2.16. The van der Waals surface area contributed by atoms with Crippen molar-refractivity contribution in [2.45, 2.75) is 6.92 Å². The third-order valence-corrected chi connectivity index (χ3v) is 2.46. The average Bonchev–Trinajstić information content (AvgIpc) is 2.41. The standard InChI is InChI=1S/C14H15N3O/c1-2-16-13-8-4-3-7-12(13)14(18)17-11-6-5-9-15-10-11/h3-10,16H,2H2,1H3,(H,17,18). The number of carbonyl (C=O) groups excluding carboxylic acids is 1. The Hall–Kier alpha value is -2.36. The van der Waals surface area contributed by atoms with E-state index in [1.54, 1.807) is 30.6 Å². The number of amides is 1. The van der Waals surface area contributed by atoms with Crippen LogP contribution in [0.4, 0.5) is 11.4 Å². The van der Waals surface area contributed by atoms with Crippen LogP contribution in [0.15, 0.2) is 48.8 Å². The highest BCUT2D eigenvalue weighted by molar-refractivity contribution is 6.07. The number of rotatable bonds is 4. The van der Waals surface area contributed by atoms with Crippen molar-refractivity contribution in [2.75, 3.05) is 17.2 Å². The van der Waals surface area contributed by atoms with E-state index in [4.69, 9.17) is 0 Å². The van der Waals surface area contributed by atoms with E-state index in [1.165, 1.54) is 0 Å². The first-order valence-electron chi connectivity index (χ1n) is 5.85. The first kappa shape index (κ1) is 12.1. The highest BCUT2D eigenvalue weighted by Gasteiger charge is 2.10. The van der Waals surface area contributed by atoms with E-state index in [0.717, 1.165) is 12.2 Å². The van der Waals surface area contributed by atoms with Gasteiger partial charge in [0.25, 0.3) is 5.91 Å². The zero-order valence-corrected chi connectivity index (χ0v) is 10.2. The molecule has 0 spiro atoms. The summed E-state index contributed by atoms with van der Waals surface area (Å²) < 4.78 is 0. The van der Waals surface area contributed by atoms with Gasteiger partial charge in [-0.25, -0.2) is 0 Å². The molecule has 0 saturated carbocycles. The Balaban J connectivity index is 2.19. The van der Waals surface area contributed by atoms with Gasteiger partial charge in [0.1, 0.15) is 0 Å². The van der Waals surface area contributed by atoms with Gasteiger partial charge >= 0.3 is 0 Å². The summed E-state index contributed by atoms with van der Waals surface area (Å²) in [7, 11) is 0. The molecule has 1 aromatic carbocycles. The SMILES string of the molecule is CCNc1ccccc1C(=O)Nc1cccnc1. The summed E-state index contributed by atoms with van der Waals surface area (Å²) in [6, 6.07) is 11.0. The first-order valence-corrected chi connectivity index (χ1v) is 5.85. The van der Waals surface area contributed by atoms with Gasteiger partial charge in [0.15, 0.2) is 0 Å². The molecule has 0 aliphatic carbocycles. The molecule has 0 fully saturated rings. The van der Waals surface area contributed by atoms with Crippen molar-refractivity contribution in [3.63, 3.8) is 0 Å². The second-order valence-corrected chi connectivity index (χ2v) is 3.77. The molecule has 18 heavy (non-hydrogen) atoms. The molecule has 4 nitrogen and oxygen atoms in total. The molecular weight excluding hydrogens is 226 g/mol. The first-order chi connectivity index (χ1) is 8.81. The molecule has 2 rings (SSSR count). The second kappa shape index (κ2) is 5.82. The van der Waals surface area contributed by atoms with Gasteiger partial charge in [-0.15, -0.1) is 0 Å². The molecule has 1 amide bonds. The van der Waals surface area contributed by atoms with Crippen LogP contribution in [0.5, 0.6) is 0 Å². The predicted octanol–water partition coefficient (Wildman–Crippen LogP) is 2.77. The predicted molar refractivity (Wildman–Crippen MR) is 72.8 cm³/mol. The van der Waals surface area contributed by atoms with Crippen LogP contribution in [-0.4, -0.2) is 17.4 Å². The Bertz CT molecular complexity index is 526. The lowest BCUT2D eigenvalue weighted by molar-refractivity contribution is 0.102. The smallest absolute Gasteiger partial charge is 0.257 e. The van der Waals surface area contributed by atoms with E-state index >= 15 is 0 Å². The number of para-hydroxylation sites is 1. The molecule has 4 heteroatoms. The minimum absolute atomic E-state index is 0.139. The lowest BCUT2D eigenvalue weighted by Crippen LogP contribution is -2.14. The normalized spacial score (nSPS) is 9.83. The zero-order chi connectivity index (χ0) is 12.8. The molecule has 0 unspecified atom stereocenters. The summed E-state index contributed by atoms with van der Waals surface area (Å²) in [6.45, 7) is 2.77. The Morgan fingerprint density at radius 3 is 2.78 bits per heavy atom. The van der Waals surface area contributed by atoms with Gasteiger partial charge in [-0.3, -0.25) is 9.78 Å². The van der Waals surface area contributed by atoms with Crippen LogP contribution in [0.3, 0.4) is 0 Å². The fourth-order valence-electron chi connectivity index (χ4n) is 1.66. The Morgan fingerprint density at radius 1 is 1.22 bits per heavy atom. The summed E-state index contributed by atoms with van der Waals surface area (Å²) >= 11 is 0. The number of aromatic nitrogens is 1. The van der Waals surface area contributed by atoms with Crippen molar-refractivity contribution in [2.24, 2.45) is 0 Å². The number of hydrogen-bond acceptors (Lipinski definition) is 3. The summed E-state index contributed by atoms with van der Waals surface area (Å²) in [4.78, 5) is 16.1. The molecule has 1 heterocycles. The largest absolute Gasteiger partial charge is 0.385 e. The Labute approximate surface area is 106 Å². The number of benzene rings is 1. The molecule has 0 radical (unpaired) electrons. The minimum Gasteiger partial charge on any atom is -0.385 e. The Kier molecular flexibility index (Phi) is 3.91. The van der Waals surface area contributed by atoms with Crippen molar-refractivity contribution in [1.82, 2.24) is 4.98 Å². The maximum atomic E-state index is 12.1. The lowest BCUT2D eigenvalue weighted by Gasteiger charge is -2.10. The molecule has 2 aromatic rings. The van der Waals surface area contributed by atoms with Crippen molar-refractivity contribution < 1.29 is 4.79 Å². The van der Waals surface area contributed by atoms with Crippen LogP contribution in [0.2, 0.25) is 0 Å². The van der Waals surface area contributed by atoms with E-state index < -0.39 is 0 Å². The van der Waals surface area contributed by atoms with Crippen molar-refractivity contribution in [1.29, 1.82) is 0 Å². The van der Waals surface area contributed by atoms with Crippen LogP contribution in [-0.2, 0) is 0 Å². The fourth-order valence-corrected chi connectivity index (χ4v) is 1.66. The lowest BCUT2D eigenvalue weighted by atomic mass is 10.1. The van der Waals surface area contributed by atoms with E-state index in [0.29, 0.717) is 11.3 Å². The quantitative estimate of drug-likeness (QED) is 0.865. The molecule has 1 aromatic heterocycles. The summed E-state index contributed by atoms with van der Waals surface area (Å²) in [5.41, 5.74) is 2.15. The van der Waals surface area contributed by atoms with Crippen LogP contribution in [0, 0.1) is 0 Å². The molecule has 2 N–H and O–H groups in total. The van der Waals surface area contributed by atoms with Crippen LogP contribution < -0.4 is 10.6 Å². The number of anilines is 2. The maximum absolute atomic E-state index is 12.1. The second-order valence-electron chi connectivity index (χ2n) is 3.77. The number of carbonyl (C=O) groups is 1. The fraction of sp³-hybridized carbons (Fsp3) is 0.143. The molecule has 0 aliphatic heterocycles. The van der Waals surface area contributed by atoms with Crippen LogP contribution in [0.25, 0.3) is 0 Å². The number of hydrogen-bond donors (Lipinski definition) is 2. The molecular formula is C14H15N3O. The van der Waals surface area contributed by atoms with Gasteiger partial charge in [0, 0.05) is 18.4 Å². The summed E-state index contributed by atoms with van der Waals surface area (Å²) in [6.07, 6.45) is 3.29. The topological polar surface area (TPSA) is 54.0 Å². The molecule has 92 valence electrons. The number of nitrogens with one attached hydrogen (secondary N) is 2. The van der Waals surface area contributed by atoms with Crippen molar-refractivity contribution >= 4 is 17.3 Å². The average molecular weight is 241 g/mol. The van der Waals surface area contributed by atoms with Gasteiger partial charge in [0.05, 0.1) is 17.4 Å². The van der Waals surface area contributed by atoms with E-state index in [-0.39, 0.29) is 5.91 Å². The van der Waals surface area contributed by atoms with E-state index in [9.17, 15) is 4.79 Å². The van der Waals surface area contributed by atoms with E-state index in [2.05, 4.69) is 15.6 Å². The van der Waals surface area contributed by atoms with Crippen LogP contribution in [0.1, 0.15) is 17.3 Å². The zero-order valence-electron chi connectivity index (χ0n) is 10.2. The van der Waals surface area contributed by atoms with Gasteiger partial charge in [-0.2, -0.15) is 0 Å². The van der Waals surface area contributed by atoms with Crippen molar-refractivity contribution in [3.8, 4) is 0 Å². The third-order valence-electron chi connectivity index (χ3n) is 2.46. The molecule has 0 bridgehead atoms. The highest BCUT2D eigenvalue weighted by atomic mass is 16.1. The summed E-state index contributed by atoms with van der Waals surface area (Å²) in [5, 5.41) is 5.98. The van der Waals surface area contributed by atoms with E-state index in [1.807, 2.05) is 25.1 Å². The van der Waals surface area contributed by atoms with Gasteiger partial charge in [-0.05, 0) is 31.2 Å². The number of pyridine rings is 1. The maximum Gasteiger partial charge on any atom is 0.257 e. The molecule has 0 atom stereocenters. The summed E-state index contributed by atoms with van der Waals surface area (Å²) in [5.74, 6) is -0.139. The van der Waals surface area contributed by atoms with Crippen molar-refractivity contribution in [3.05, 3.63) is 54.4 Å². The Morgan fingerprint density at radius 2 is 2.06 bits per heavy atom. The van der Waals surface area contributed by atoms with Gasteiger partial charge < -0.3 is 10.6 Å². The number of nitrogens with zero attached hydrogens (tertiary/aromatic N) is 1. The van der Waals surface area contributed by atoms with Gasteiger partial charge in [-0.1, -0.05) is 12.1 Å². The van der Waals surface area contributed by atoms with Gasteiger partial charge in [0.2, 0.25) is 0 Å². The molecule has 0 aliphatic rings. The van der Waals surface area contributed by atoms with Crippen LogP contribution >= 0.6 is 0 Å². The molecule has 0 saturated heterocycles. The minimum atomic E-state index is -0.139. The third kappa shape index (κ3) is 2.85. The monoisotopic (exact) mass is 241 g/mol.